The van der Waals surface area contributed by atoms with Crippen LogP contribution in [0.5, 0.6) is 0 Å². The largest absolute Gasteiger partial charge is 0.321 e. The van der Waals surface area contributed by atoms with Crippen molar-refractivity contribution in [2.45, 2.75) is 38.9 Å². The minimum atomic E-state index is -0.0535. The van der Waals surface area contributed by atoms with Crippen molar-refractivity contribution in [3.8, 4) is 0 Å². The van der Waals surface area contributed by atoms with Crippen LogP contribution in [-0.2, 0) is 4.79 Å². The summed E-state index contributed by atoms with van der Waals surface area (Å²) < 4.78 is 0. The number of hydrogen-bond donors (Lipinski definition) is 1. The quantitative estimate of drug-likeness (QED) is 0.893. The molecule has 0 spiro atoms. The molecule has 92 valence electrons. The van der Waals surface area contributed by atoms with Crippen LogP contribution in [0.4, 0.5) is 0 Å². The second kappa shape index (κ2) is 3.82. The Labute approximate surface area is 106 Å². The molecule has 1 amide bonds. The number of nitrogens with zero attached hydrogens (tertiary/aromatic N) is 1. The maximum Gasteiger partial charge on any atom is 0.241 e. The van der Waals surface area contributed by atoms with Gasteiger partial charge < -0.3 is 4.90 Å². The number of thiophene rings is 1. The average molecular weight is 250 g/mol. The molecule has 3 nitrogen and oxygen atoms in total. The van der Waals surface area contributed by atoms with Gasteiger partial charge >= 0.3 is 0 Å². The van der Waals surface area contributed by atoms with Gasteiger partial charge in [0.2, 0.25) is 5.91 Å². The number of carbonyl (C=O) groups excluding carboxylic acids is 1. The topological polar surface area (TPSA) is 32.3 Å². The monoisotopic (exact) mass is 250 g/mol. The molecule has 1 saturated carbocycles. The number of nitrogens with one attached hydrogen (secondary N) is 1. The summed E-state index contributed by atoms with van der Waals surface area (Å²) in [6.45, 7) is 5.12. The van der Waals surface area contributed by atoms with Gasteiger partial charge in [0, 0.05) is 6.54 Å². The van der Waals surface area contributed by atoms with E-state index in [1.165, 1.54) is 18.4 Å². The summed E-state index contributed by atoms with van der Waals surface area (Å²) in [5, 5.41) is 7.59. The predicted molar refractivity (Wildman–Crippen MR) is 68.7 cm³/mol. The Bertz CT molecular complexity index is 425. The Morgan fingerprint density at radius 3 is 2.94 bits per heavy atom. The average Bonchev–Trinajstić information content (AvgIpc) is 2.76. The molecule has 3 rings (SSSR count). The van der Waals surface area contributed by atoms with Crippen LogP contribution in [0.3, 0.4) is 0 Å². The lowest BCUT2D eigenvalue weighted by molar-refractivity contribution is -0.130. The molecule has 1 N–H and O–H groups in total. The fourth-order valence-electron chi connectivity index (χ4n) is 2.43. The van der Waals surface area contributed by atoms with Gasteiger partial charge in [0.25, 0.3) is 0 Å². The SMILES string of the molecule is CC1NC(c2ccsc2)N(CC2(C)CC2)C1=O. The first-order valence-corrected chi connectivity index (χ1v) is 7.12. The number of hydrogen-bond acceptors (Lipinski definition) is 3. The van der Waals surface area contributed by atoms with Gasteiger partial charge in [0.05, 0.1) is 6.04 Å². The Kier molecular flexibility index (Phi) is 2.52. The molecular weight excluding hydrogens is 232 g/mol. The molecule has 1 aromatic rings. The third-order valence-electron chi connectivity index (χ3n) is 3.89. The number of rotatable bonds is 3. The van der Waals surface area contributed by atoms with E-state index in [9.17, 15) is 4.79 Å². The molecule has 17 heavy (non-hydrogen) atoms. The molecule has 2 aliphatic rings. The van der Waals surface area contributed by atoms with Crippen molar-refractivity contribution >= 4 is 17.2 Å². The Balaban J connectivity index is 1.83. The highest BCUT2D eigenvalue weighted by Gasteiger charge is 2.45. The second-order valence-corrected chi connectivity index (χ2v) is 6.40. The Hall–Kier alpha value is -0.870. The highest BCUT2D eigenvalue weighted by atomic mass is 32.1. The van der Waals surface area contributed by atoms with E-state index >= 15 is 0 Å². The third kappa shape index (κ3) is 2.00. The van der Waals surface area contributed by atoms with Gasteiger partial charge in [-0.25, -0.2) is 0 Å². The van der Waals surface area contributed by atoms with Gasteiger partial charge in [-0.05, 0) is 47.6 Å². The molecule has 2 heterocycles. The summed E-state index contributed by atoms with van der Waals surface area (Å²) in [5.74, 6) is 0.245. The van der Waals surface area contributed by atoms with Crippen LogP contribution in [0.1, 0.15) is 38.4 Å². The summed E-state index contributed by atoms with van der Waals surface area (Å²) in [4.78, 5) is 14.2. The van der Waals surface area contributed by atoms with Crippen molar-refractivity contribution in [1.29, 1.82) is 0 Å². The first-order valence-electron chi connectivity index (χ1n) is 6.18. The summed E-state index contributed by atoms with van der Waals surface area (Å²) in [6, 6.07) is 2.05. The van der Waals surface area contributed by atoms with Gasteiger partial charge in [-0.15, -0.1) is 0 Å². The van der Waals surface area contributed by atoms with E-state index in [0.29, 0.717) is 5.41 Å². The van der Waals surface area contributed by atoms with E-state index in [0.717, 1.165) is 6.54 Å². The van der Waals surface area contributed by atoms with Crippen molar-refractivity contribution in [3.05, 3.63) is 22.4 Å². The zero-order chi connectivity index (χ0) is 12.0. The van der Waals surface area contributed by atoms with Crippen LogP contribution in [0.2, 0.25) is 0 Å². The lowest BCUT2D eigenvalue weighted by atomic mass is 10.1. The van der Waals surface area contributed by atoms with Crippen molar-refractivity contribution in [2.75, 3.05) is 6.54 Å². The molecule has 0 bridgehead atoms. The van der Waals surface area contributed by atoms with Crippen LogP contribution >= 0.6 is 11.3 Å². The Morgan fingerprint density at radius 2 is 2.35 bits per heavy atom. The summed E-state index contributed by atoms with van der Waals surface area (Å²) in [5.41, 5.74) is 1.59. The molecule has 2 unspecified atom stereocenters. The normalized spacial score (nSPS) is 30.9. The van der Waals surface area contributed by atoms with E-state index in [4.69, 9.17) is 0 Å². The summed E-state index contributed by atoms with van der Waals surface area (Å²) >= 11 is 1.69. The first-order chi connectivity index (χ1) is 8.09. The second-order valence-electron chi connectivity index (χ2n) is 5.62. The van der Waals surface area contributed by atoms with Crippen LogP contribution in [0.15, 0.2) is 16.8 Å². The van der Waals surface area contributed by atoms with Gasteiger partial charge in [-0.2, -0.15) is 11.3 Å². The fraction of sp³-hybridized carbons (Fsp3) is 0.615. The molecule has 4 heteroatoms. The highest BCUT2D eigenvalue weighted by molar-refractivity contribution is 7.07. The zero-order valence-corrected chi connectivity index (χ0v) is 11.1. The van der Waals surface area contributed by atoms with Gasteiger partial charge in [0.1, 0.15) is 6.17 Å². The smallest absolute Gasteiger partial charge is 0.241 e. The standard InChI is InChI=1S/C13H18N2OS/c1-9-12(16)15(8-13(2)4-5-13)11(14-9)10-3-6-17-7-10/h3,6-7,9,11,14H,4-5,8H2,1-2H3. The molecule has 0 radical (unpaired) electrons. The van der Waals surface area contributed by atoms with Crippen LogP contribution < -0.4 is 5.32 Å². The lowest BCUT2D eigenvalue weighted by Crippen LogP contribution is -2.34. The first kappa shape index (κ1) is 11.2. The number of amides is 1. The predicted octanol–water partition coefficient (Wildman–Crippen LogP) is 2.37. The maximum absolute atomic E-state index is 12.2. The minimum absolute atomic E-state index is 0.0535. The van der Waals surface area contributed by atoms with Crippen LogP contribution in [-0.4, -0.2) is 23.4 Å². The molecule has 2 atom stereocenters. The van der Waals surface area contributed by atoms with Gasteiger partial charge in [0.15, 0.2) is 0 Å². The molecule has 1 aliphatic heterocycles. The van der Waals surface area contributed by atoms with E-state index in [1.807, 2.05) is 11.8 Å². The van der Waals surface area contributed by atoms with E-state index < -0.39 is 0 Å². The molecular formula is C13H18N2OS. The van der Waals surface area contributed by atoms with Crippen molar-refractivity contribution in [1.82, 2.24) is 10.2 Å². The lowest BCUT2D eigenvalue weighted by Gasteiger charge is -2.26. The molecule has 1 saturated heterocycles. The summed E-state index contributed by atoms with van der Waals surface area (Å²) in [6.07, 6.45) is 2.59. The Morgan fingerprint density at radius 1 is 1.59 bits per heavy atom. The zero-order valence-electron chi connectivity index (χ0n) is 10.3. The van der Waals surface area contributed by atoms with Crippen molar-refractivity contribution < 1.29 is 4.79 Å². The molecule has 1 aliphatic carbocycles. The van der Waals surface area contributed by atoms with Crippen molar-refractivity contribution in [2.24, 2.45) is 5.41 Å². The van der Waals surface area contributed by atoms with E-state index in [-0.39, 0.29) is 18.1 Å². The minimum Gasteiger partial charge on any atom is -0.321 e. The highest BCUT2D eigenvalue weighted by Crippen LogP contribution is 2.47. The summed E-state index contributed by atoms with van der Waals surface area (Å²) in [7, 11) is 0. The van der Waals surface area contributed by atoms with Gasteiger partial charge in [-0.3, -0.25) is 10.1 Å². The molecule has 0 aromatic carbocycles. The number of carbonyl (C=O) groups is 1. The fourth-order valence-corrected chi connectivity index (χ4v) is 3.11. The van der Waals surface area contributed by atoms with Crippen molar-refractivity contribution in [3.63, 3.8) is 0 Å². The van der Waals surface area contributed by atoms with E-state index in [1.54, 1.807) is 11.3 Å². The molecule has 2 fully saturated rings. The third-order valence-corrected chi connectivity index (χ3v) is 4.59. The van der Waals surface area contributed by atoms with Crippen LogP contribution in [0.25, 0.3) is 0 Å². The van der Waals surface area contributed by atoms with Gasteiger partial charge in [-0.1, -0.05) is 6.92 Å². The van der Waals surface area contributed by atoms with E-state index in [2.05, 4.69) is 29.1 Å². The maximum atomic E-state index is 12.2. The molecule has 1 aromatic heterocycles. The van der Waals surface area contributed by atoms with Crippen LogP contribution in [0, 0.1) is 5.41 Å².